The van der Waals surface area contributed by atoms with Crippen molar-refractivity contribution in [2.45, 2.75) is 77.8 Å². The van der Waals surface area contributed by atoms with E-state index in [1.165, 1.54) is 0 Å². The molecule has 0 aliphatic heterocycles. The van der Waals surface area contributed by atoms with E-state index in [9.17, 15) is 0 Å². The van der Waals surface area contributed by atoms with Crippen LogP contribution in [-0.2, 0) is 0 Å². The fraction of sp³-hybridized carbons (Fsp3) is 1.00. The molecule has 0 aliphatic rings. The maximum absolute atomic E-state index is 2.35. The van der Waals surface area contributed by atoms with Gasteiger partial charge >= 0.3 is 0 Å². The molecule has 0 rings (SSSR count). The van der Waals surface area contributed by atoms with Gasteiger partial charge in [-0.1, -0.05) is 67.7 Å². The topological polar surface area (TPSA) is 0 Å². The number of rotatable bonds is 0. The first-order valence-corrected chi connectivity index (χ1v) is 10.5. The van der Waals surface area contributed by atoms with Crippen molar-refractivity contribution in [2.24, 2.45) is 0 Å². The zero-order chi connectivity index (χ0) is 12.2. The predicted molar refractivity (Wildman–Crippen MR) is 80.1 cm³/mol. The summed E-state index contributed by atoms with van der Waals surface area (Å²) < 4.78 is 0. The quantitative estimate of drug-likeness (QED) is 0.569. The zero-order valence-electron chi connectivity index (χ0n) is 12.5. The third kappa shape index (κ3) is 15.0. The van der Waals surface area contributed by atoms with Crippen LogP contribution in [0.3, 0.4) is 0 Å². The fourth-order valence-corrected chi connectivity index (χ4v) is 0. The van der Waals surface area contributed by atoms with Crippen LogP contribution in [0.15, 0.2) is 0 Å². The average Bonchev–Trinajstić information content (AvgIpc) is 1.83. The molecule has 0 spiro atoms. The SMILES string of the molecule is C[Si](C)C(C)(C)C.C[Si](C)C(C)(C)C.[Ge]. The molecule has 0 atom stereocenters. The maximum Gasteiger partial charge on any atom is 0.0470 e. The molecule has 90 valence electrons. The normalized spacial score (nSPS) is 12.0. The average molecular weight is 303 g/mol. The summed E-state index contributed by atoms with van der Waals surface area (Å²) in [6.07, 6.45) is 0. The van der Waals surface area contributed by atoms with E-state index in [0.717, 1.165) is 0 Å². The van der Waals surface area contributed by atoms with Gasteiger partial charge in [-0.3, -0.25) is 0 Å². The third-order valence-electron chi connectivity index (χ3n) is 3.00. The molecule has 0 aromatic carbocycles. The Morgan fingerprint density at radius 3 is 0.600 bits per heavy atom. The fourth-order valence-electron chi connectivity index (χ4n) is 0. The first-order valence-electron chi connectivity index (χ1n) is 5.50. The molecule has 15 heavy (non-hydrogen) atoms. The van der Waals surface area contributed by atoms with Gasteiger partial charge in [-0.05, 0) is 10.1 Å². The molecule has 0 unspecified atom stereocenters. The van der Waals surface area contributed by atoms with Crippen LogP contribution < -0.4 is 0 Å². The first kappa shape index (κ1) is 21.3. The van der Waals surface area contributed by atoms with Crippen LogP contribution in [0.4, 0.5) is 0 Å². The molecule has 0 bridgehead atoms. The van der Waals surface area contributed by atoms with E-state index in [2.05, 4.69) is 67.7 Å². The summed E-state index contributed by atoms with van der Waals surface area (Å²) in [6, 6.07) is 0. The summed E-state index contributed by atoms with van der Waals surface area (Å²) in [5, 5.41) is 1.20. The standard InChI is InChI=1S/2C6H15Si.Ge/c2*1-6(2,3)7(4)5;/h2*1-5H3;. The molecule has 0 saturated carbocycles. The van der Waals surface area contributed by atoms with Crippen LogP contribution in [0.2, 0.25) is 36.3 Å². The molecule has 0 saturated heterocycles. The largest absolute Gasteiger partial charge is 0.0709 e. The van der Waals surface area contributed by atoms with E-state index >= 15 is 0 Å². The Hall–Kier alpha value is 0.977. The van der Waals surface area contributed by atoms with Crippen molar-refractivity contribution in [3.63, 3.8) is 0 Å². The molecule has 0 N–H and O–H groups in total. The maximum atomic E-state index is 2.35. The Kier molecular flexibility index (Phi) is 11.5. The van der Waals surface area contributed by atoms with E-state index in [4.69, 9.17) is 0 Å². The predicted octanol–water partition coefficient (Wildman–Crippen LogP) is 4.70. The van der Waals surface area contributed by atoms with Crippen LogP contribution in [0.1, 0.15) is 41.5 Å². The minimum atomic E-state index is -0.0502. The summed E-state index contributed by atoms with van der Waals surface area (Å²) in [5.41, 5.74) is 0. The van der Waals surface area contributed by atoms with Crippen LogP contribution in [0.25, 0.3) is 0 Å². The Balaban J connectivity index is -0.000000180. The van der Waals surface area contributed by atoms with E-state index in [1.807, 2.05) is 0 Å². The third-order valence-corrected chi connectivity index (χ3v) is 9.00. The van der Waals surface area contributed by atoms with Crippen LogP contribution in [-0.4, -0.2) is 35.2 Å². The van der Waals surface area contributed by atoms with Crippen LogP contribution >= 0.6 is 0 Å². The first-order chi connectivity index (χ1) is 5.89. The number of hydrogen-bond donors (Lipinski definition) is 0. The van der Waals surface area contributed by atoms with Crippen molar-refractivity contribution >= 4 is 35.2 Å². The van der Waals surface area contributed by atoms with Crippen molar-refractivity contribution in [1.29, 1.82) is 0 Å². The van der Waals surface area contributed by atoms with Crippen molar-refractivity contribution in [3.8, 4) is 0 Å². The van der Waals surface area contributed by atoms with Gasteiger partial charge in [0.25, 0.3) is 0 Å². The smallest absolute Gasteiger partial charge is 0.0470 e. The second-order valence-electron chi connectivity index (χ2n) is 6.50. The molecule has 0 heterocycles. The molecule has 0 nitrogen and oxygen atoms in total. The monoisotopic (exact) mass is 304 g/mol. The molecule has 0 aliphatic carbocycles. The van der Waals surface area contributed by atoms with E-state index < -0.39 is 0 Å². The zero-order valence-corrected chi connectivity index (χ0v) is 16.6. The van der Waals surface area contributed by atoms with Gasteiger partial charge in [0.05, 0.1) is 0 Å². The Labute approximate surface area is 113 Å². The Morgan fingerprint density at radius 1 is 0.533 bits per heavy atom. The molecule has 3 heteroatoms. The minimum Gasteiger partial charge on any atom is -0.0709 e. The molecular formula is C12H30GeSi2. The van der Waals surface area contributed by atoms with Crippen molar-refractivity contribution in [1.82, 2.24) is 0 Å². The second-order valence-corrected chi connectivity index (χ2v) is 13.5. The summed E-state index contributed by atoms with van der Waals surface area (Å²) >= 11 is 0. The molecule has 0 amide bonds. The molecule has 0 aromatic rings. The van der Waals surface area contributed by atoms with Crippen molar-refractivity contribution < 1.29 is 0 Å². The van der Waals surface area contributed by atoms with Gasteiger partial charge in [0.15, 0.2) is 0 Å². The van der Waals surface area contributed by atoms with Gasteiger partial charge in [0, 0.05) is 35.2 Å². The van der Waals surface area contributed by atoms with E-state index in [0.29, 0.717) is 10.1 Å². The summed E-state index contributed by atoms with van der Waals surface area (Å²) in [5.74, 6) is 0. The van der Waals surface area contributed by atoms with Crippen molar-refractivity contribution in [3.05, 3.63) is 0 Å². The Morgan fingerprint density at radius 2 is 0.600 bits per heavy atom. The van der Waals surface area contributed by atoms with Crippen molar-refractivity contribution in [2.75, 3.05) is 0 Å². The number of hydrogen-bond acceptors (Lipinski definition) is 0. The van der Waals surface area contributed by atoms with Crippen LogP contribution in [0.5, 0.6) is 0 Å². The molecule has 6 radical (unpaired) electrons. The summed E-state index contributed by atoms with van der Waals surface area (Å²) in [7, 11) is -0.100. The molecule has 0 fully saturated rings. The van der Waals surface area contributed by atoms with Gasteiger partial charge in [0.1, 0.15) is 0 Å². The molecule has 0 aromatic heterocycles. The summed E-state index contributed by atoms with van der Waals surface area (Å²) in [4.78, 5) is 0. The van der Waals surface area contributed by atoms with Gasteiger partial charge in [-0.2, -0.15) is 0 Å². The van der Waals surface area contributed by atoms with Gasteiger partial charge in [-0.25, -0.2) is 0 Å². The van der Waals surface area contributed by atoms with Gasteiger partial charge in [0.2, 0.25) is 0 Å². The summed E-state index contributed by atoms with van der Waals surface area (Å²) in [6.45, 7) is 23.2. The Bertz CT molecular complexity index is 123. The van der Waals surface area contributed by atoms with E-state index in [-0.39, 0.29) is 35.2 Å². The van der Waals surface area contributed by atoms with Gasteiger partial charge < -0.3 is 0 Å². The van der Waals surface area contributed by atoms with Crippen LogP contribution in [0, 0.1) is 0 Å². The second kappa shape index (κ2) is 8.12. The van der Waals surface area contributed by atoms with E-state index in [1.54, 1.807) is 0 Å². The molecular weight excluding hydrogens is 273 g/mol. The van der Waals surface area contributed by atoms with Gasteiger partial charge in [-0.15, -0.1) is 0 Å². The minimum absolute atomic E-state index is 0.